The van der Waals surface area contributed by atoms with Crippen LogP contribution in [0.25, 0.3) is 0 Å². The van der Waals surface area contributed by atoms with Crippen LogP contribution in [-0.4, -0.2) is 101 Å². The minimum atomic E-state index is -0.884. The van der Waals surface area contributed by atoms with E-state index in [1.165, 1.54) is 13.5 Å². The van der Waals surface area contributed by atoms with Crippen LogP contribution < -0.4 is 0 Å². The molecular weight excluding hydrogens is 1380 g/mol. The summed E-state index contributed by atoms with van der Waals surface area (Å²) in [5.74, 6) is -3.11. The van der Waals surface area contributed by atoms with Gasteiger partial charge in [0, 0.05) is 0 Å². The highest BCUT2D eigenvalue weighted by Gasteiger charge is 2.34. The van der Waals surface area contributed by atoms with Gasteiger partial charge in [0.05, 0.1) is 59.0 Å². The van der Waals surface area contributed by atoms with Crippen molar-refractivity contribution in [1.29, 1.82) is 0 Å². The summed E-state index contributed by atoms with van der Waals surface area (Å²) in [6, 6.07) is 0. The molecule has 0 heterocycles. The van der Waals surface area contributed by atoms with Crippen LogP contribution in [0.15, 0.2) is 97.2 Å². The van der Waals surface area contributed by atoms with Gasteiger partial charge in [0.15, 0.2) is 0 Å². The van der Waals surface area contributed by atoms with Gasteiger partial charge in [-0.2, -0.15) is 0 Å². The summed E-state index contributed by atoms with van der Waals surface area (Å²) in [6.07, 6.45) is 17.6. The Kier molecular flexibility index (Phi) is 75.9. The molecule has 0 amide bonds. The molecule has 1 unspecified atom stereocenters. The molecule has 0 aliphatic heterocycles. The zero-order valence-corrected chi connectivity index (χ0v) is 75.2. The van der Waals surface area contributed by atoms with Crippen molar-refractivity contribution >= 4 is 47.8 Å². The summed E-state index contributed by atoms with van der Waals surface area (Å²) >= 11 is 0. The standard InChI is InChI=1S/C13H24O3.C12H22O2.4C11H20O2.2C10H18O2.C3H8/c1-7-13(5,11(14)16-6)9-8-10(2)12(3,4)15;1-6-12(5,11(13)14)8-7-10(4)9(2)3;4*1-5-10(11(12)13)7-6-9(4)8(2)3;2*1-7(2)8(3)5-6-9(4)10(11)12;1-3-2/h15H,2,7-9H2,1,3-6H3;9H,4,6-8H2,1-3,5H3,(H,13,14);4*8,10H,4-7H2,1-3H3,(H,12,13);2*7,9H,3,5-6H2,1-2,4H3,(H,11,12);3H2,1-2H3/t13-;12-;4*10-;9-;;/m0010001../s1. The van der Waals surface area contributed by atoms with Crippen LogP contribution in [0.4, 0.5) is 0 Å². The predicted molar refractivity (Wildman–Crippen MR) is 459 cm³/mol. The third kappa shape index (κ3) is 68.2. The van der Waals surface area contributed by atoms with E-state index in [0.717, 1.165) is 122 Å². The first-order chi connectivity index (χ1) is 49.8. The minimum absolute atomic E-state index is 0.196. The molecule has 640 valence electrons. The van der Waals surface area contributed by atoms with Crippen LogP contribution in [0.2, 0.25) is 0 Å². The van der Waals surface area contributed by atoms with E-state index in [-0.39, 0.29) is 41.5 Å². The van der Waals surface area contributed by atoms with Crippen LogP contribution in [0.1, 0.15) is 342 Å². The summed E-state index contributed by atoms with van der Waals surface area (Å²) in [5.41, 5.74) is 6.83. The molecule has 8 atom stereocenters. The fraction of sp³-hybridized carbons (Fsp3) is 0.739. The van der Waals surface area contributed by atoms with Gasteiger partial charge in [-0.05, 0) is 216 Å². The van der Waals surface area contributed by atoms with Crippen LogP contribution in [0.5, 0.6) is 0 Å². The number of carboxylic acid groups (broad SMARTS) is 7. The van der Waals surface area contributed by atoms with Gasteiger partial charge in [0.2, 0.25) is 0 Å². The second-order valence-electron chi connectivity index (χ2n) is 32.7. The highest BCUT2D eigenvalue weighted by molar-refractivity contribution is 5.76. The number of esters is 1. The molecule has 0 spiro atoms. The Morgan fingerprint density at radius 2 is 0.505 bits per heavy atom. The Morgan fingerprint density at radius 1 is 0.312 bits per heavy atom. The molecule has 17 heteroatoms. The monoisotopic (exact) mass is 1550 g/mol. The van der Waals surface area contributed by atoms with E-state index in [4.69, 9.17) is 40.5 Å². The van der Waals surface area contributed by atoms with E-state index < -0.39 is 58.2 Å². The number of methoxy groups -OCH3 is 1. The summed E-state index contributed by atoms with van der Waals surface area (Å²) in [7, 11) is 1.40. The quantitative estimate of drug-likeness (QED) is 0.0207. The molecule has 0 saturated carbocycles. The van der Waals surface area contributed by atoms with Crippen LogP contribution in [-0.2, 0) is 43.1 Å². The Bertz CT molecular complexity index is 2420. The number of aliphatic carboxylic acids is 7. The lowest BCUT2D eigenvalue weighted by atomic mass is 9.80. The summed E-state index contributed by atoms with van der Waals surface area (Å²) in [5, 5.41) is 71.2. The lowest BCUT2D eigenvalue weighted by molar-refractivity contribution is -0.152. The first-order valence-electron chi connectivity index (χ1n) is 40.6. The SMILES string of the molecule is C=C(CCC(C)C(=O)O)C(C)C.C=C(CC[C@@H](C)C(=O)O)C(C)C.C=C(CC[C@@H](CC)C(=O)O)C(C)C.C=C(CC[C@H](CC)C(=O)O)C(C)C.C=C(CC[C@H](CC)C(=O)O)C(C)C.C=C(CC[C@H](CC)C(=O)O)C(C)C.C=C(CC[C@](C)(CC)C(=O)O)C(C)C.C=C(CC[C@](C)(CC)C(=O)OC)C(C)(C)O.CCC. The molecule has 0 aliphatic rings. The van der Waals surface area contributed by atoms with Gasteiger partial charge in [-0.15, -0.1) is 0 Å². The van der Waals surface area contributed by atoms with E-state index in [2.05, 4.69) is 163 Å². The molecule has 0 bridgehead atoms. The van der Waals surface area contributed by atoms with E-state index in [1.807, 2.05) is 55.4 Å². The van der Waals surface area contributed by atoms with Crippen molar-refractivity contribution < 1.29 is 83.9 Å². The average molecular weight is 1550 g/mol. The van der Waals surface area contributed by atoms with Crippen molar-refractivity contribution in [2.45, 2.75) is 347 Å². The maximum atomic E-state index is 11.6. The van der Waals surface area contributed by atoms with Gasteiger partial charge in [-0.3, -0.25) is 38.4 Å². The van der Waals surface area contributed by atoms with Crippen molar-refractivity contribution in [1.82, 2.24) is 0 Å². The number of allylic oxidation sites excluding steroid dienone is 7. The number of rotatable bonds is 46. The van der Waals surface area contributed by atoms with Crippen molar-refractivity contribution in [2.24, 2.45) is 87.8 Å². The van der Waals surface area contributed by atoms with Crippen molar-refractivity contribution in [3.63, 3.8) is 0 Å². The number of ether oxygens (including phenoxy) is 1. The zero-order chi connectivity index (χ0) is 88.2. The summed E-state index contributed by atoms with van der Waals surface area (Å²) in [4.78, 5) is 86.3. The molecule has 0 radical (unpaired) electrons. The molecule has 0 aromatic rings. The zero-order valence-electron chi connectivity index (χ0n) is 75.2. The molecule has 0 saturated heterocycles. The summed E-state index contributed by atoms with van der Waals surface area (Å²) in [6.45, 7) is 86.8. The van der Waals surface area contributed by atoms with Crippen molar-refractivity contribution in [3.8, 4) is 0 Å². The molecule has 0 fully saturated rings. The van der Waals surface area contributed by atoms with Gasteiger partial charge >= 0.3 is 47.8 Å². The normalized spacial score (nSPS) is 13.4. The lowest BCUT2D eigenvalue weighted by Crippen LogP contribution is -2.30. The van der Waals surface area contributed by atoms with E-state index in [1.54, 1.807) is 27.7 Å². The van der Waals surface area contributed by atoms with Crippen molar-refractivity contribution in [3.05, 3.63) is 97.2 Å². The maximum absolute atomic E-state index is 11.6. The van der Waals surface area contributed by atoms with Crippen LogP contribution in [0, 0.1) is 87.8 Å². The average Bonchev–Trinajstić information content (AvgIpc) is 0.860. The molecule has 8 N–H and O–H groups in total. The molecular formula is C92H170O17. The molecule has 109 heavy (non-hydrogen) atoms. The Labute approximate surface area is 667 Å². The Hall–Kier alpha value is -6.36. The first-order valence-corrected chi connectivity index (χ1v) is 40.6. The molecule has 17 nitrogen and oxygen atoms in total. The largest absolute Gasteiger partial charge is 0.481 e. The maximum Gasteiger partial charge on any atom is 0.311 e. The smallest absolute Gasteiger partial charge is 0.311 e. The number of carbonyl (C=O) groups excluding carboxylic acids is 1. The van der Waals surface area contributed by atoms with Crippen LogP contribution >= 0.6 is 0 Å². The number of aliphatic hydroxyl groups is 1. The second-order valence-corrected chi connectivity index (χ2v) is 32.7. The van der Waals surface area contributed by atoms with Gasteiger partial charge < -0.3 is 45.6 Å². The van der Waals surface area contributed by atoms with Gasteiger partial charge in [-0.1, -0.05) is 264 Å². The Balaban J connectivity index is -0.000000149. The number of hydrogen-bond acceptors (Lipinski definition) is 10. The van der Waals surface area contributed by atoms with Gasteiger partial charge in [0.1, 0.15) is 0 Å². The third-order valence-electron chi connectivity index (χ3n) is 20.6. The predicted octanol–water partition coefficient (Wildman–Crippen LogP) is 25.3. The molecule has 0 rings (SSSR count). The number of carboxylic acids is 7. The number of carbonyl (C=O) groups is 8. The Morgan fingerprint density at radius 3 is 0.651 bits per heavy atom. The highest BCUT2D eigenvalue weighted by Crippen LogP contribution is 2.34. The third-order valence-corrected chi connectivity index (χ3v) is 20.6. The van der Waals surface area contributed by atoms with E-state index in [0.29, 0.717) is 106 Å². The molecule has 0 aromatic carbocycles. The van der Waals surface area contributed by atoms with Crippen LogP contribution in [0.3, 0.4) is 0 Å². The minimum Gasteiger partial charge on any atom is -0.481 e. The fourth-order valence-electron chi connectivity index (χ4n) is 8.79. The molecule has 0 aromatic heterocycles. The first kappa shape index (κ1) is 121. The lowest BCUT2D eigenvalue weighted by Gasteiger charge is -2.28. The summed E-state index contributed by atoms with van der Waals surface area (Å²) < 4.78 is 4.79. The molecule has 0 aliphatic carbocycles. The fourth-order valence-corrected chi connectivity index (χ4v) is 8.79. The topological polar surface area (TPSA) is 308 Å². The van der Waals surface area contributed by atoms with Crippen molar-refractivity contribution in [2.75, 3.05) is 7.11 Å². The second kappa shape index (κ2) is 68.4. The van der Waals surface area contributed by atoms with Gasteiger partial charge in [0.25, 0.3) is 0 Å². The van der Waals surface area contributed by atoms with E-state index in [9.17, 15) is 43.5 Å². The van der Waals surface area contributed by atoms with Gasteiger partial charge in [-0.25, -0.2) is 0 Å². The number of hydrogen-bond donors (Lipinski definition) is 8. The highest BCUT2D eigenvalue weighted by atomic mass is 16.5. The van der Waals surface area contributed by atoms with E-state index >= 15 is 0 Å².